The number of aliphatic imine (C=N–C) groups is 1. The van der Waals surface area contributed by atoms with Crippen molar-refractivity contribution in [1.82, 2.24) is 10.2 Å². The van der Waals surface area contributed by atoms with Gasteiger partial charge >= 0.3 is 5.97 Å². The number of benzene rings is 2. The fraction of sp³-hybridized carbons (Fsp3) is 0.269. The monoisotopic (exact) mass is 529 g/mol. The highest BCUT2D eigenvalue weighted by atomic mass is 35.5. The molecule has 0 saturated carbocycles. The lowest BCUT2D eigenvalue weighted by molar-refractivity contribution is -0.141. The van der Waals surface area contributed by atoms with Gasteiger partial charge in [0, 0.05) is 24.4 Å². The van der Waals surface area contributed by atoms with Crippen LogP contribution < -0.4 is 5.32 Å². The van der Waals surface area contributed by atoms with Gasteiger partial charge in [-0.05, 0) is 47.7 Å². The van der Waals surface area contributed by atoms with Crippen LogP contribution in [0.5, 0.6) is 0 Å². The number of allylic oxidation sites excluding steroid dienone is 1. The van der Waals surface area contributed by atoms with E-state index in [1.165, 1.54) is 31.0 Å². The Kier molecular flexibility index (Phi) is 8.45. The third-order valence-corrected chi connectivity index (χ3v) is 6.77. The summed E-state index contributed by atoms with van der Waals surface area (Å²) in [5.74, 6) is -1.05. The SMILES string of the molecule is COCCOC(=O)C1=C(C)N=C2SC=C(CC(=O)NCc3ccc(F)cc3)N2C1c1cccc(Cl)c1. The van der Waals surface area contributed by atoms with E-state index in [1.54, 1.807) is 31.2 Å². The van der Waals surface area contributed by atoms with Crippen molar-refractivity contribution in [2.75, 3.05) is 20.3 Å². The minimum absolute atomic E-state index is 0.0648. The van der Waals surface area contributed by atoms with Gasteiger partial charge in [0.2, 0.25) is 5.91 Å². The Morgan fingerprint density at radius 2 is 1.97 bits per heavy atom. The molecule has 0 spiro atoms. The number of hydrogen-bond donors (Lipinski definition) is 1. The summed E-state index contributed by atoms with van der Waals surface area (Å²) in [6, 6.07) is 12.6. The van der Waals surface area contributed by atoms with Gasteiger partial charge in [-0.3, -0.25) is 4.79 Å². The summed E-state index contributed by atoms with van der Waals surface area (Å²) in [7, 11) is 1.53. The van der Waals surface area contributed by atoms with E-state index in [0.29, 0.717) is 27.2 Å². The van der Waals surface area contributed by atoms with Crippen molar-refractivity contribution >= 4 is 40.4 Å². The number of carbonyl (C=O) groups is 2. The lowest BCUT2D eigenvalue weighted by Crippen LogP contribution is -2.38. The van der Waals surface area contributed by atoms with E-state index in [-0.39, 0.29) is 37.9 Å². The first-order valence-corrected chi connectivity index (χ1v) is 12.5. The zero-order chi connectivity index (χ0) is 25.7. The molecule has 0 radical (unpaired) electrons. The van der Waals surface area contributed by atoms with Crippen molar-refractivity contribution in [3.8, 4) is 0 Å². The van der Waals surface area contributed by atoms with Crippen LogP contribution in [0.25, 0.3) is 0 Å². The molecular formula is C26H25ClFN3O4S. The second-order valence-corrected chi connectivity index (χ2v) is 9.43. The van der Waals surface area contributed by atoms with Crippen molar-refractivity contribution in [3.05, 3.63) is 92.9 Å². The molecule has 2 aliphatic rings. The molecule has 2 aromatic rings. The zero-order valence-electron chi connectivity index (χ0n) is 19.8. The molecule has 4 rings (SSSR count). The van der Waals surface area contributed by atoms with E-state index in [0.717, 1.165) is 11.1 Å². The van der Waals surface area contributed by atoms with Gasteiger partial charge in [0.25, 0.3) is 0 Å². The summed E-state index contributed by atoms with van der Waals surface area (Å²) in [6.45, 7) is 2.42. The minimum atomic E-state index is -0.572. The highest BCUT2D eigenvalue weighted by molar-refractivity contribution is 8.16. The van der Waals surface area contributed by atoms with Gasteiger partial charge in [-0.2, -0.15) is 0 Å². The maximum atomic E-state index is 13.2. The molecule has 0 aromatic heterocycles. The van der Waals surface area contributed by atoms with Crippen molar-refractivity contribution in [2.24, 2.45) is 4.99 Å². The zero-order valence-corrected chi connectivity index (χ0v) is 21.4. The highest BCUT2D eigenvalue weighted by Gasteiger charge is 2.41. The Bertz CT molecular complexity index is 1250. The van der Waals surface area contributed by atoms with Crippen LogP contribution in [-0.4, -0.2) is 42.3 Å². The van der Waals surface area contributed by atoms with Crippen molar-refractivity contribution in [3.63, 3.8) is 0 Å². The lowest BCUT2D eigenvalue weighted by Gasteiger charge is -2.36. The first-order valence-electron chi connectivity index (χ1n) is 11.2. The third kappa shape index (κ3) is 5.98. The van der Waals surface area contributed by atoms with E-state index < -0.39 is 12.0 Å². The standard InChI is InChI=1S/C26H25ClFN3O4S/c1-16-23(25(33)35-11-10-34-2)24(18-4-3-5-19(27)12-18)31-21(15-36-26(31)30-16)13-22(32)29-14-17-6-8-20(28)9-7-17/h3-9,12,15,24H,10-11,13-14H2,1-2H3,(H,29,32). The van der Waals surface area contributed by atoms with Crippen LogP contribution in [-0.2, 0) is 25.6 Å². The maximum absolute atomic E-state index is 13.2. The molecule has 0 fully saturated rings. The quantitative estimate of drug-likeness (QED) is 0.366. The Labute approximate surface area is 218 Å². The number of halogens is 2. The van der Waals surface area contributed by atoms with Gasteiger partial charge < -0.3 is 19.7 Å². The molecular weight excluding hydrogens is 505 g/mol. The molecule has 2 heterocycles. The number of fused-ring (bicyclic) bond motifs is 1. The van der Waals surface area contributed by atoms with E-state index in [4.69, 9.17) is 21.1 Å². The van der Waals surface area contributed by atoms with E-state index >= 15 is 0 Å². The Morgan fingerprint density at radius 1 is 1.19 bits per heavy atom. The fourth-order valence-corrected chi connectivity index (χ4v) is 5.11. The average Bonchev–Trinajstić information content (AvgIpc) is 3.24. The molecule has 0 saturated heterocycles. The predicted molar refractivity (Wildman–Crippen MR) is 138 cm³/mol. The average molecular weight is 530 g/mol. The third-order valence-electron chi connectivity index (χ3n) is 5.65. The second kappa shape index (κ2) is 11.7. The van der Waals surface area contributed by atoms with Crippen molar-refractivity contribution < 1.29 is 23.5 Å². The van der Waals surface area contributed by atoms with E-state index in [9.17, 15) is 14.0 Å². The smallest absolute Gasteiger partial charge is 0.338 e. The molecule has 1 N–H and O–H groups in total. The molecule has 188 valence electrons. The van der Waals surface area contributed by atoms with Gasteiger partial charge in [-0.1, -0.05) is 47.6 Å². The highest BCUT2D eigenvalue weighted by Crippen LogP contribution is 2.45. The molecule has 2 aliphatic heterocycles. The summed E-state index contributed by atoms with van der Waals surface area (Å²) in [6.07, 6.45) is 0.0648. The summed E-state index contributed by atoms with van der Waals surface area (Å²) in [4.78, 5) is 32.5. The minimum Gasteiger partial charge on any atom is -0.460 e. The van der Waals surface area contributed by atoms with Crippen LogP contribution in [0.15, 0.2) is 75.9 Å². The van der Waals surface area contributed by atoms with Crippen LogP contribution in [0.1, 0.15) is 30.5 Å². The number of nitrogens with one attached hydrogen (secondary N) is 1. The Morgan fingerprint density at radius 3 is 2.69 bits per heavy atom. The summed E-state index contributed by atoms with van der Waals surface area (Å²) in [5.41, 5.74) is 3.16. The molecule has 1 atom stereocenters. The summed E-state index contributed by atoms with van der Waals surface area (Å²) >= 11 is 7.69. The number of thioether (sulfide) groups is 1. The largest absolute Gasteiger partial charge is 0.460 e. The number of esters is 1. The Hall–Kier alpha value is -3.14. The van der Waals surface area contributed by atoms with Crippen LogP contribution in [0, 0.1) is 5.82 Å². The number of hydrogen-bond acceptors (Lipinski definition) is 7. The van der Waals surface area contributed by atoms with Gasteiger partial charge in [0.1, 0.15) is 12.4 Å². The molecule has 1 amide bonds. The van der Waals surface area contributed by atoms with Gasteiger partial charge in [-0.25, -0.2) is 14.2 Å². The summed E-state index contributed by atoms with van der Waals surface area (Å²) in [5, 5.41) is 5.91. The maximum Gasteiger partial charge on any atom is 0.338 e. The van der Waals surface area contributed by atoms with Crippen molar-refractivity contribution in [1.29, 1.82) is 0 Å². The molecule has 7 nitrogen and oxygen atoms in total. The molecule has 0 bridgehead atoms. The number of amidine groups is 1. The molecule has 10 heteroatoms. The fourth-order valence-electron chi connectivity index (χ4n) is 3.95. The molecule has 0 aliphatic carbocycles. The van der Waals surface area contributed by atoms with Gasteiger partial charge in [0.05, 0.1) is 30.3 Å². The number of ether oxygens (including phenoxy) is 2. The number of carbonyl (C=O) groups excluding carboxylic acids is 2. The van der Waals surface area contributed by atoms with Crippen LogP contribution in [0.3, 0.4) is 0 Å². The summed E-state index contributed by atoms with van der Waals surface area (Å²) < 4.78 is 23.6. The Balaban J connectivity index is 1.58. The van der Waals surface area contributed by atoms with E-state index in [2.05, 4.69) is 10.3 Å². The van der Waals surface area contributed by atoms with Gasteiger partial charge in [-0.15, -0.1) is 0 Å². The van der Waals surface area contributed by atoms with Gasteiger partial charge in [0.15, 0.2) is 5.17 Å². The second-order valence-electron chi connectivity index (χ2n) is 8.16. The lowest BCUT2D eigenvalue weighted by atomic mass is 9.94. The number of nitrogens with zero attached hydrogens (tertiary/aromatic N) is 2. The normalized spacial score (nSPS) is 16.9. The first-order chi connectivity index (χ1) is 17.4. The molecule has 36 heavy (non-hydrogen) atoms. The van der Waals surface area contributed by atoms with E-state index in [1.807, 2.05) is 22.4 Å². The number of amides is 1. The number of methoxy groups -OCH3 is 1. The first kappa shape index (κ1) is 25.9. The molecule has 2 aromatic carbocycles. The van der Waals surface area contributed by atoms with Crippen LogP contribution in [0.4, 0.5) is 4.39 Å². The molecule has 1 unspecified atom stereocenters. The van der Waals surface area contributed by atoms with Crippen LogP contribution >= 0.6 is 23.4 Å². The van der Waals surface area contributed by atoms with Crippen molar-refractivity contribution in [2.45, 2.75) is 25.9 Å². The predicted octanol–water partition coefficient (Wildman–Crippen LogP) is 4.95. The number of rotatable bonds is 9. The van der Waals surface area contributed by atoms with Crippen LogP contribution in [0.2, 0.25) is 5.02 Å². The topological polar surface area (TPSA) is 80.2 Å².